The van der Waals surface area contributed by atoms with Crippen LogP contribution in [0.1, 0.15) is 11.8 Å². The van der Waals surface area contributed by atoms with E-state index in [-0.39, 0.29) is 12.2 Å². The maximum atomic E-state index is 12.4. The Morgan fingerprint density at radius 1 is 1.22 bits per heavy atom. The summed E-state index contributed by atoms with van der Waals surface area (Å²) >= 11 is 5.93. The molecule has 4 atom stereocenters. The van der Waals surface area contributed by atoms with Crippen molar-refractivity contribution in [3.05, 3.63) is 52.8 Å². The molecule has 3 aromatic rings. The van der Waals surface area contributed by atoms with Gasteiger partial charge in [0.2, 0.25) is 10.0 Å². The van der Waals surface area contributed by atoms with Crippen LogP contribution in [0.15, 0.2) is 42.2 Å². The second kappa shape index (κ2) is 8.65. The Labute approximate surface area is 188 Å². The average molecular weight is 481 g/mol. The Balaban J connectivity index is 1.46. The lowest BCUT2D eigenvalue weighted by molar-refractivity contribution is -0.0329. The fraction of sp³-hybridized carbons (Fsp3) is 0.263. The van der Waals surface area contributed by atoms with Crippen LogP contribution >= 0.6 is 11.6 Å². The summed E-state index contributed by atoms with van der Waals surface area (Å²) in [4.78, 5) is 8.35. The first kappa shape index (κ1) is 22.5. The first-order chi connectivity index (χ1) is 15.2. The molecule has 3 heterocycles. The summed E-state index contributed by atoms with van der Waals surface area (Å²) < 4.78 is 34.2. The van der Waals surface area contributed by atoms with E-state index in [1.165, 1.54) is 23.2 Å². The van der Waals surface area contributed by atoms with Crippen molar-refractivity contribution >= 4 is 50.2 Å². The van der Waals surface area contributed by atoms with Gasteiger partial charge in [-0.3, -0.25) is 4.57 Å². The normalized spacial score (nSPS) is 24.0. The van der Waals surface area contributed by atoms with E-state index in [0.717, 1.165) is 5.41 Å². The van der Waals surface area contributed by atoms with Gasteiger partial charge in [0.25, 0.3) is 0 Å². The van der Waals surface area contributed by atoms with Gasteiger partial charge in [0.1, 0.15) is 23.8 Å². The molecule has 0 aliphatic carbocycles. The Kier molecular flexibility index (Phi) is 6.07. The number of halogens is 1. The van der Waals surface area contributed by atoms with Gasteiger partial charge in [-0.25, -0.2) is 23.1 Å². The molecule has 1 aliphatic rings. The van der Waals surface area contributed by atoms with Crippen molar-refractivity contribution in [2.75, 3.05) is 18.0 Å². The number of benzene rings is 1. The third kappa shape index (κ3) is 4.28. The number of rotatable bonds is 6. The molecule has 0 radical (unpaired) electrons. The summed E-state index contributed by atoms with van der Waals surface area (Å²) in [5, 5.41) is 22.1. The first-order valence-electron chi connectivity index (χ1n) is 9.48. The molecule has 0 spiro atoms. The molecule has 1 aliphatic heterocycles. The van der Waals surface area contributed by atoms with Crippen molar-refractivity contribution in [2.45, 2.75) is 24.5 Å². The number of nitrogen functional groups attached to an aromatic ring is 2. The molecule has 1 fully saturated rings. The van der Waals surface area contributed by atoms with Gasteiger partial charge in [-0.15, -0.1) is 0 Å². The van der Waals surface area contributed by atoms with Gasteiger partial charge in [-0.1, -0.05) is 23.7 Å². The fourth-order valence-electron chi connectivity index (χ4n) is 3.38. The van der Waals surface area contributed by atoms with Crippen molar-refractivity contribution in [1.29, 1.82) is 0 Å². The number of hydrogen-bond acceptors (Lipinski definition) is 9. The van der Waals surface area contributed by atoms with E-state index < -0.39 is 34.6 Å². The lowest BCUT2D eigenvalue weighted by atomic mass is 10.1. The summed E-state index contributed by atoms with van der Waals surface area (Å²) in [6.07, 6.45) is -0.563. The van der Waals surface area contributed by atoms with Crippen LogP contribution in [0, 0.1) is 0 Å². The maximum Gasteiger partial charge on any atom is 0.233 e. The minimum Gasteiger partial charge on any atom is -0.397 e. The molecule has 0 unspecified atom stereocenters. The van der Waals surface area contributed by atoms with Crippen LogP contribution in [0.2, 0.25) is 5.02 Å². The van der Waals surface area contributed by atoms with Crippen LogP contribution in [-0.2, 0) is 14.8 Å². The molecule has 11 nitrogen and oxygen atoms in total. The number of nitrogens with two attached hydrogens (primary N) is 2. The number of nitrogens with zero attached hydrogens (tertiary/aromatic N) is 3. The first-order valence-corrected chi connectivity index (χ1v) is 11.4. The number of ether oxygens (including phenoxy) is 1. The molecule has 1 saturated heterocycles. The molecule has 0 bridgehead atoms. The van der Waals surface area contributed by atoms with Gasteiger partial charge in [0.05, 0.1) is 22.7 Å². The average Bonchev–Trinajstić information content (AvgIpc) is 3.30. The monoisotopic (exact) mass is 480 g/mol. The zero-order valence-corrected chi connectivity index (χ0v) is 18.1. The topological polar surface area (TPSA) is 179 Å². The number of fused-ring (bicyclic) bond motifs is 1. The zero-order valence-electron chi connectivity index (χ0n) is 16.5. The molecule has 13 heteroatoms. The SMILES string of the molecule is Nc1c(Cl)cccc1/C=C/S(=O)(=O)NC[C@H]1O[C@@H](n2cnc3c(N)ccnc32)[C@H](O)[C@@H]1O. The van der Waals surface area contributed by atoms with Crippen LogP contribution < -0.4 is 16.2 Å². The van der Waals surface area contributed by atoms with Crippen LogP contribution in [-0.4, -0.2) is 58.0 Å². The van der Waals surface area contributed by atoms with Crippen molar-refractivity contribution < 1.29 is 23.4 Å². The number of imidazole rings is 1. The summed E-state index contributed by atoms with van der Waals surface area (Å²) in [7, 11) is -3.90. The number of sulfonamides is 1. The third-order valence-electron chi connectivity index (χ3n) is 5.10. The van der Waals surface area contributed by atoms with E-state index in [2.05, 4.69) is 14.7 Å². The highest BCUT2D eigenvalue weighted by Gasteiger charge is 2.44. The standard InChI is InChI=1S/C19H21ClN6O5S/c20-11-3-1-2-10(14(11)22)5-7-32(29,30)25-8-13-16(27)17(28)19(31-13)26-9-24-15-12(21)4-6-23-18(15)26/h1-7,9,13,16-17,19,25,27-28H,8,22H2,(H2,21,23)/b7-5+/t13-,16-,17-,19-/m1/s1. The molecular formula is C19H21ClN6O5S. The summed E-state index contributed by atoms with van der Waals surface area (Å²) in [5.74, 6) is 0. The molecule has 170 valence electrons. The number of nitrogens with one attached hydrogen (secondary N) is 1. The van der Waals surface area contributed by atoms with E-state index in [1.54, 1.807) is 24.3 Å². The number of aliphatic hydroxyl groups excluding tert-OH is 2. The van der Waals surface area contributed by atoms with Gasteiger partial charge < -0.3 is 26.4 Å². The van der Waals surface area contributed by atoms with Gasteiger partial charge in [0, 0.05) is 18.1 Å². The highest BCUT2D eigenvalue weighted by molar-refractivity contribution is 7.92. The van der Waals surface area contributed by atoms with Crippen molar-refractivity contribution in [3.63, 3.8) is 0 Å². The quantitative estimate of drug-likeness (QED) is 0.313. The van der Waals surface area contributed by atoms with Crippen LogP contribution in [0.3, 0.4) is 0 Å². The Bertz CT molecular complexity index is 1280. The molecule has 0 amide bonds. The van der Waals surface area contributed by atoms with Crippen LogP contribution in [0.4, 0.5) is 11.4 Å². The number of hydrogen-bond donors (Lipinski definition) is 5. The Morgan fingerprint density at radius 3 is 2.78 bits per heavy atom. The van der Waals surface area contributed by atoms with Gasteiger partial charge in [-0.2, -0.15) is 0 Å². The third-order valence-corrected chi connectivity index (χ3v) is 6.50. The van der Waals surface area contributed by atoms with Gasteiger partial charge >= 0.3 is 0 Å². The summed E-state index contributed by atoms with van der Waals surface area (Å²) in [5.41, 5.74) is 13.6. The van der Waals surface area contributed by atoms with E-state index in [0.29, 0.717) is 27.4 Å². The smallest absolute Gasteiger partial charge is 0.233 e. The van der Waals surface area contributed by atoms with Crippen molar-refractivity contribution in [1.82, 2.24) is 19.3 Å². The second-order valence-corrected chi connectivity index (χ2v) is 9.27. The predicted molar refractivity (Wildman–Crippen MR) is 120 cm³/mol. The Morgan fingerprint density at radius 2 is 2.00 bits per heavy atom. The lowest BCUT2D eigenvalue weighted by Gasteiger charge is -2.16. The fourth-order valence-corrected chi connectivity index (χ4v) is 4.38. The predicted octanol–water partition coefficient (Wildman–Crippen LogP) is 0.459. The number of anilines is 2. The van der Waals surface area contributed by atoms with E-state index >= 15 is 0 Å². The highest BCUT2D eigenvalue weighted by atomic mass is 35.5. The molecule has 32 heavy (non-hydrogen) atoms. The van der Waals surface area contributed by atoms with Crippen LogP contribution in [0.25, 0.3) is 17.2 Å². The highest BCUT2D eigenvalue weighted by Crippen LogP contribution is 2.32. The van der Waals surface area contributed by atoms with Crippen molar-refractivity contribution in [3.8, 4) is 0 Å². The molecule has 1 aromatic carbocycles. The zero-order chi connectivity index (χ0) is 23.0. The minimum atomic E-state index is -3.90. The minimum absolute atomic E-state index is 0.253. The molecule has 2 aromatic heterocycles. The van der Waals surface area contributed by atoms with Gasteiger partial charge in [-0.05, 0) is 23.8 Å². The van der Waals surface area contributed by atoms with E-state index in [9.17, 15) is 18.6 Å². The number of aliphatic hydroxyl groups is 2. The number of pyridine rings is 1. The van der Waals surface area contributed by atoms with E-state index in [4.69, 9.17) is 27.8 Å². The lowest BCUT2D eigenvalue weighted by Crippen LogP contribution is -2.39. The molecule has 7 N–H and O–H groups in total. The molecule has 0 saturated carbocycles. The number of para-hydroxylation sites is 1. The largest absolute Gasteiger partial charge is 0.397 e. The molecule has 4 rings (SSSR count). The van der Waals surface area contributed by atoms with Gasteiger partial charge in [0.15, 0.2) is 11.9 Å². The van der Waals surface area contributed by atoms with Crippen LogP contribution in [0.5, 0.6) is 0 Å². The second-order valence-electron chi connectivity index (χ2n) is 7.21. The van der Waals surface area contributed by atoms with E-state index in [1.807, 2.05) is 0 Å². The van der Waals surface area contributed by atoms with Crippen molar-refractivity contribution in [2.24, 2.45) is 0 Å². The summed E-state index contributed by atoms with van der Waals surface area (Å²) in [6.45, 7) is -0.283. The molecular weight excluding hydrogens is 460 g/mol. The Hall–Kier alpha value is -2.74. The summed E-state index contributed by atoms with van der Waals surface area (Å²) in [6, 6.07) is 6.44. The maximum absolute atomic E-state index is 12.4. The number of aromatic nitrogens is 3.